The zero-order valence-corrected chi connectivity index (χ0v) is 10.4. The molecule has 5 heteroatoms. The number of fused-ring (bicyclic) bond motifs is 1. The number of carbonyl (C=O) groups is 1. The van der Waals surface area contributed by atoms with Crippen molar-refractivity contribution in [2.24, 2.45) is 0 Å². The molecular formula is C15H10N4O. The second-order valence-electron chi connectivity index (χ2n) is 4.32. The molecule has 0 saturated heterocycles. The van der Waals surface area contributed by atoms with Gasteiger partial charge in [0, 0.05) is 23.3 Å². The van der Waals surface area contributed by atoms with Crippen LogP contribution in [-0.4, -0.2) is 15.5 Å². The molecule has 0 spiro atoms. The number of anilines is 1. The summed E-state index contributed by atoms with van der Waals surface area (Å²) in [6.45, 7) is 0. The number of pyridine rings is 1. The second-order valence-corrected chi connectivity index (χ2v) is 4.32. The number of rotatable bonds is 1. The Morgan fingerprint density at radius 3 is 2.90 bits per heavy atom. The number of hydrogen-bond donors (Lipinski definition) is 1. The minimum Gasteiger partial charge on any atom is -0.397 e. The number of aromatic nitrogens is 2. The summed E-state index contributed by atoms with van der Waals surface area (Å²) in [5.74, 6) is -0.239. The summed E-state index contributed by atoms with van der Waals surface area (Å²) in [5.41, 5.74) is 7.81. The fraction of sp³-hybridized carbons (Fsp3) is 0. The van der Waals surface area contributed by atoms with E-state index in [4.69, 9.17) is 11.0 Å². The maximum atomic E-state index is 12.5. The number of nitriles is 1. The van der Waals surface area contributed by atoms with E-state index < -0.39 is 0 Å². The fourth-order valence-electron chi connectivity index (χ4n) is 2.14. The highest BCUT2D eigenvalue weighted by Gasteiger charge is 2.14. The van der Waals surface area contributed by atoms with Crippen LogP contribution >= 0.6 is 0 Å². The van der Waals surface area contributed by atoms with Crippen molar-refractivity contribution < 1.29 is 4.79 Å². The molecule has 1 aromatic carbocycles. The molecule has 0 unspecified atom stereocenters. The number of hydrogen-bond acceptors (Lipinski definition) is 4. The molecule has 20 heavy (non-hydrogen) atoms. The highest BCUT2D eigenvalue weighted by Crippen LogP contribution is 2.23. The lowest BCUT2D eigenvalue weighted by Gasteiger charge is -2.03. The van der Waals surface area contributed by atoms with E-state index in [9.17, 15) is 4.79 Å². The van der Waals surface area contributed by atoms with Crippen LogP contribution in [0.2, 0.25) is 0 Å². The molecule has 0 fully saturated rings. The summed E-state index contributed by atoms with van der Waals surface area (Å²) >= 11 is 0. The third-order valence-corrected chi connectivity index (χ3v) is 3.08. The van der Waals surface area contributed by atoms with Gasteiger partial charge in [0.25, 0.3) is 5.91 Å². The van der Waals surface area contributed by atoms with Crippen molar-refractivity contribution in [3.05, 3.63) is 60.0 Å². The quantitative estimate of drug-likeness (QED) is 0.728. The lowest BCUT2D eigenvalue weighted by molar-refractivity contribution is 0.0965. The molecule has 2 N–H and O–H groups in total. The molecule has 3 rings (SSSR count). The van der Waals surface area contributed by atoms with Crippen molar-refractivity contribution >= 4 is 22.5 Å². The first-order valence-electron chi connectivity index (χ1n) is 5.97. The normalized spacial score (nSPS) is 10.3. The van der Waals surface area contributed by atoms with Crippen LogP contribution in [0.4, 0.5) is 5.69 Å². The van der Waals surface area contributed by atoms with Gasteiger partial charge in [0.1, 0.15) is 11.8 Å². The summed E-state index contributed by atoms with van der Waals surface area (Å²) < 4.78 is 1.49. The van der Waals surface area contributed by atoms with Crippen molar-refractivity contribution in [1.82, 2.24) is 9.55 Å². The number of nitrogen functional groups attached to an aromatic ring is 1. The zero-order valence-electron chi connectivity index (χ0n) is 10.4. The molecule has 0 atom stereocenters. The first-order valence-corrected chi connectivity index (χ1v) is 5.97. The van der Waals surface area contributed by atoms with Gasteiger partial charge in [-0.3, -0.25) is 9.36 Å². The lowest BCUT2D eigenvalue weighted by atomic mass is 10.2. The number of nitrogens with zero attached hydrogens (tertiary/aromatic N) is 3. The molecule has 3 aromatic rings. The van der Waals surface area contributed by atoms with E-state index in [1.807, 2.05) is 30.3 Å². The van der Waals surface area contributed by atoms with Crippen LogP contribution in [0.3, 0.4) is 0 Å². The SMILES string of the molecule is N#Cc1cc(C(=O)n2cc(N)c3ccccc32)ccn1. The van der Waals surface area contributed by atoms with Crippen molar-refractivity contribution in [3.8, 4) is 6.07 Å². The topological polar surface area (TPSA) is 84.7 Å². The minimum atomic E-state index is -0.239. The van der Waals surface area contributed by atoms with E-state index >= 15 is 0 Å². The van der Waals surface area contributed by atoms with Gasteiger partial charge in [-0.25, -0.2) is 4.98 Å². The first kappa shape index (κ1) is 11.9. The molecular weight excluding hydrogens is 252 g/mol. The van der Waals surface area contributed by atoms with Crippen LogP contribution in [0.15, 0.2) is 48.8 Å². The van der Waals surface area contributed by atoms with Crippen molar-refractivity contribution in [2.45, 2.75) is 0 Å². The van der Waals surface area contributed by atoms with Crippen LogP contribution in [0.25, 0.3) is 10.9 Å². The summed E-state index contributed by atoms with van der Waals surface area (Å²) in [4.78, 5) is 16.4. The van der Waals surface area contributed by atoms with Gasteiger partial charge in [-0.2, -0.15) is 5.26 Å². The van der Waals surface area contributed by atoms with Gasteiger partial charge in [0.15, 0.2) is 0 Å². The fourth-order valence-corrected chi connectivity index (χ4v) is 2.14. The van der Waals surface area contributed by atoms with Crippen molar-refractivity contribution in [1.29, 1.82) is 5.26 Å². The number of benzene rings is 1. The van der Waals surface area contributed by atoms with E-state index in [1.165, 1.54) is 16.8 Å². The maximum Gasteiger partial charge on any atom is 0.262 e. The Balaban J connectivity index is 2.16. The van der Waals surface area contributed by atoms with Gasteiger partial charge in [-0.1, -0.05) is 18.2 Å². The lowest BCUT2D eigenvalue weighted by Crippen LogP contribution is -2.11. The van der Waals surface area contributed by atoms with E-state index in [0.29, 0.717) is 11.3 Å². The Morgan fingerprint density at radius 1 is 1.30 bits per heavy atom. The highest BCUT2D eigenvalue weighted by molar-refractivity contribution is 6.05. The molecule has 0 saturated carbocycles. The van der Waals surface area contributed by atoms with Crippen LogP contribution in [0.1, 0.15) is 16.1 Å². The first-order chi connectivity index (χ1) is 9.70. The molecule has 0 bridgehead atoms. The van der Waals surface area contributed by atoms with E-state index in [0.717, 1.165) is 10.9 Å². The Bertz CT molecular complexity index is 858. The van der Waals surface area contributed by atoms with Gasteiger partial charge < -0.3 is 5.73 Å². The maximum absolute atomic E-state index is 12.5. The van der Waals surface area contributed by atoms with E-state index in [-0.39, 0.29) is 11.6 Å². The Morgan fingerprint density at radius 2 is 2.10 bits per heavy atom. The van der Waals surface area contributed by atoms with Crippen LogP contribution in [0, 0.1) is 11.3 Å². The number of carbonyl (C=O) groups excluding carboxylic acids is 1. The van der Waals surface area contributed by atoms with Gasteiger partial charge in [0.05, 0.1) is 11.2 Å². The molecule has 0 aliphatic rings. The standard InChI is InChI=1S/C15H10N4O/c16-8-11-7-10(5-6-18-11)15(20)19-9-13(17)12-3-1-2-4-14(12)19/h1-7,9H,17H2. The smallest absolute Gasteiger partial charge is 0.262 e. The van der Waals surface area contributed by atoms with Crippen LogP contribution in [-0.2, 0) is 0 Å². The third kappa shape index (κ3) is 1.80. The Labute approximate surface area is 114 Å². The largest absolute Gasteiger partial charge is 0.397 e. The van der Waals surface area contributed by atoms with Crippen molar-refractivity contribution in [3.63, 3.8) is 0 Å². The van der Waals surface area contributed by atoms with Crippen molar-refractivity contribution in [2.75, 3.05) is 5.73 Å². The molecule has 0 radical (unpaired) electrons. The summed E-state index contributed by atoms with van der Waals surface area (Å²) in [6, 6.07) is 12.4. The van der Waals surface area contributed by atoms with E-state index in [1.54, 1.807) is 12.3 Å². The number of para-hydroxylation sites is 1. The molecule has 5 nitrogen and oxygen atoms in total. The zero-order chi connectivity index (χ0) is 14.1. The monoisotopic (exact) mass is 262 g/mol. The van der Waals surface area contributed by atoms with Crippen LogP contribution in [0.5, 0.6) is 0 Å². The summed E-state index contributed by atoms with van der Waals surface area (Å²) in [7, 11) is 0. The van der Waals surface area contributed by atoms with Gasteiger partial charge in [-0.05, 0) is 18.2 Å². The summed E-state index contributed by atoms with van der Waals surface area (Å²) in [5, 5.41) is 9.67. The van der Waals surface area contributed by atoms with Crippen LogP contribution < -0.4 is 5.73 Å². The molecule has 2 heterocycles. The summed E-state index contributed by atoms with van der Waals surface area (Å²) in [6.07, 6.45) is 3.04. The van der Waals surface area contributed by atoms with Gasteiger partial charge in [0.2, 0.25) is 0 Å². The molecule has 2 aromatic heterocycles. The Hall–Kier alpha value is -3.13. The molecule has 96 valence electrons. The molecule has 0 aliphatic carbocycles. The van der Waals surface area contributed by atoms with Gasteiger partial charge >= 0.3 is 0 Å². The number of nitrogens with two attached hydrogens (primary N) is 1. The highest BCUT2D eigenvalue weighted by atomic mass is 16.2. The predicted molar refractivity (Wildman–Crippen MR) is 75.0 cm³/mol. The molecule has 0 amide bonds. The average molecular weight is 262 g/mol. The average Bonchev–Trinajstić information content (AvgIpc) is 2.84. The second kappa shape index (κ2) is 4.52. The molecule has 0 aliphatic heterocycles. The Kier molecular flexibility index (Phi) is 2.70. The third-order valence-electron chi connectivity index (χ3n) is 3.08. The predicted octanol–water partition coefficient (Wildman–Crippen LogP) is 2.18. The van der Waals surface area contributed by atoms with Gasteiger partial charge in [-0.15, -0.1) is 0 Å². The minimum absolute atomic E-state index is 0.209. The van der Waals surface area contributed by atoms with E-state index in [2.05, 4.69) is 4.98 Å².